The Labute approximate surface area is 202 Å². The molecule has 7 nitrogen and oxygen atoms in total. The highest BCUT2D eigenvalue weighted by Crippen LogP contribution is 2.29. The van der Waals surface area contributed by atoms with Crippen LogP contribution in [0, 0.1) is 11.8 Å². The third kappa shape index (κ3) is 5.85. The largest absolute Gasteiger partial charge is 0.383 e. The first-order chi connectivity index (χ1) is 16.1. The Morgan fingerprint density at radius 3 is 2.18 bits per heavy atom. The van der Waals surface area contributed by atoms with Crippen LogP contribution in [-0.4, -0.2) is 31.5 Å². The van der Waals surface area contributed by atoms with E-state index >= 15 is 0 Å². The number of rotatable bonds is 7. The molecule has 0 amide bonds. The quantitative estimate of drug-likeness (QED) is 0.451. The monoisotopic (exact) mass is 481 g/mol. The van der Waals surface area contributed by atoms with Gasteiger partial charge in [0, 0.05) is 18.5 Å². The molecule has 1 aliphatic rings. The van der Waals surface area contributed by atoms with Gasteiger partial charge in [-0.3, -0.25) is 0 Å². The summed E-state index contributed by atoms with van der Waals surface area (Å²) in [5.41, 5.74) is 8.03. The van der Waals surface area contributed by atoms with Gasteiger partial charge in [-0.1, -0.05) is 45.0 Å². The van der Waals surface area contributed by atoms with Crippen molar-refractivity contribution >= 4 is 32.7 Å². The maximum absolute atomic E-state index is 12.7. The predicted octanol–water partition coefficient (Wildman–Crippen LogP) is 4.71. The van der Waals surface area contributed by atoms with Crippen molar-refractivity contribution in [1.82, 2.24) is 14.7 Å². The van der Waals surface area contributed by atoms with Crippen molar-refractivity contribution in [1.29, 1.82) is 0 Å². The SMILES string of the molecule is CC(C)(C)c1ccc(S(=O)(=O)NCC2CCC(CNc3nc(N)c4ccccc4n3)CC2)cc1. The number of nitrogens with one attached hydrogen (secondary N) is 2. The first kappa shape index (κ1) is 24.4. The topological polar surface area (TPSA) is 110 Å². The third-order valence-corrected chi connectivity index (χ3v) is 8.18. The average Bonchev–Trinajstić information content (AvgIpc) is 2.82. The molecule has 0 bridgehead atoms. The molecule has 0 spiro atoms. The molecule has 8 heteroatoms. The fourth-order valence-electron chi connectivity index (χ4n) is 4.50. The lowest BCUT2D eigenvalue weighted by atomic mass is 9.82. The summed E-state index contributed by atoms with van der Waals surface area (Å²) < 4.78 is 28.3. The summed E-state index contributed by atoms with van der Waals surface area (Å²) in [7, 11) is -3.49. The number of fused-ring (bicyclic) bond motifs is 1. The summed E-state index contributed by atoms with van der Waals surface area (Å²) in [4.78, 5) is 9.27. The van der Waals surface area contributed by atoms with Crippen LogP contribution in [0.5, 0.6) is 0 Å². The lowest BCUT2D eigenvalue weighted by Crippen LogP contribution is -2.32. The number of para-hydroxylation sites is 1. The first-order valence-corrected chi connectivity index (χ1v) is 13.5. The Morgan fingerprint density at radius 1 is 0.912 bits per heavy atom. The van der Waals surface area contributed by atoms with Gasteiger partial charge in [-0.25, -0.2) is 18.1 Å². The van der Waals surface area contributed by atoms with E-state index in [1.54, 1.807) is 12.1 Å². The summed E-state index contributed by atoms with van der Waals surface area (Å²) in [5, 5.41) is 4.20. The van der Waals surface area contributed by atoms with E-state index in [4.69, 9.17) is 5.73 Å². The van der Waals surface area contributed by atoms with Gasteiger partial charge in [0.25, 0.3) is 0 Å². The molecule has 1 saturated carbocycles. The smallest absolute Gasteiger partial charge is 0.240 e. The molecule has 1 aliphatic carbocycles. The molecule has 4 N–H and O–H groups in total. The van der Waals surface area contributed by atoms with Crippen LogP contribution in [0.4, 0.5) is 11.8 Å². The molecule has 2 aromatic carbocycles. The zero-order chi connectivity index (χ0) is 24.3. The number of anilines is 2. The molecule has 1 fully saturated rings. The number of nitrogen functional groups attached to an aromatic ring is 1. The number of hydrogen-bond acceptors (Lipinski definition) is 6. The van der Waals surface area contributed by atoms with Crippen LogP contribution in [-0.2, 0) is 15.4 Å². The summed E-state index contributed by atoms with van der Waals surface area (Å²) in [6, 6.07) is 14.9. The van der Waals surface area contributed by atoms with E-state index in [1.807, 2.05) is 36.4 Å². The van der Waals surface area contributed by atoms with E-state index in [1.165, 1.54) is 0 Å². The Bertz CT molecular complexity index is 1230. The standard InChI is InChI=1S/C26H35N5O2S/c1-26(2,3)20-12-14-21(15-13-20)34(32,33)29-17-19-10-8-18(9-11-19)16-28-25-30-23-7-5-4-6-22(23)24(27)31-25/h4-7,12-15,18-19,29H,8-11,16-17H2,1-3H3,(H3,27,28,30,31). The molecular weight excluding hydrogens is 446 g/mol. The van der Waals surface area contributed by atoms with Crippen molar-refractivity contribution < 1.29 is 8.42 Å². The summed E-state index contributed by atoms with van der Waals surface area (Å²) in [6.07, 6.45) is 4.09. The minimum atomic E-state index is -3.49. The number of benzene rings is 2. The Kier molecular flexibility index (Phi) is 7.09. The number of aromatic nitrogens is 2. The Balaban J connectivity index is 1.25. The fourth-order valence-corrected chi connectivity index (χ4v) is 5.62. The van der Waals surface area contributed by atoms with E-state index in [0.717, 1.165) is 48.7 Å². The van der Waals surface area contributed by atoms with Gasteiger partial charge in [-0.15, -0.1) is 0 Å². The Hall–Kier alpha value is -2.71. The highest BCUT2D eigenvalue weighted by molar-refractivity contribution is 7.89. The van der Waals surface area contributed by atoms with Crippen molar-refractivity contribution in [3.05, 3.63) is 54.1 Å². The van der Waals surface area contributed by atoms with E-state index < -0.39 is 10.0 Å². The second-order valence-electron chi connectivity index (χ2n) is 10.3. The number of hydrogen-bond donors (Lipinski definition) is 3. The predicted molar refractivity (Wildman–Crippen MR) is 138 cm³/mol. The third-order valence-electron chi connectivity index (χ3n) is 6.74. The van der Waals surface area contributed by atoms with E-state index in [9.17, 15) is 8.42 Å². The molecule has 0 unspecified atom stereocenters. The van der Waals surface area contributed by atoms with Crippen molar-refractivity contribution in [2.75, 3.05) is 24.1 Å². The molecule has 0 radical (unpaired) electrons. The van der Waals surface area contributed by atoms with Gasteiger partial charge in [0.15, 0.2) is 0 Å². The summed E-state index contributed by atoms with van der Waals surface area (Å²) >= 11 is 0. The second-order valence-corrected chi connectivity index (χ2v) is 12.1. The summed E-state index contributed by atoms with van der Waals surface area (Å²) in [5.74, 6) is 1.90. The van der Waals surface area contributed by atoms with Crippen LogP contribution in [0.3, 0.4) is 0 Å². The van der Waals surface area contributed by atoms with Gasteiger partial charge in [0.2, 0.25) is 16.0 Å². The first-order valence-electron chi connectivity index (χ1n) is 12.0. The minimum Gasteiger partial charge on any atom is -0.383 e. The maximum atomic E-state index is 12.7. The van der Waals surface area contributed by atoms with Crippen LogP contribution < -0.4 is 15.8 Å². The van der Waals surface area contributed by atoms with E-state index in [0.29, 0.717) is 35.0 Å². The second kappa shape index (κ2) is 9.88. The van der Waals surface area contributed by atoms with Crippen LogP contribution in [0.1, 0.15) is 52.0 Å². The van der Waals surface area contributed by atoms with Crippen molar-refractivity contribution in [3.8, 4) is 0 Å². The lowest BCUT2D eigenvalue weighted by molar-refractivity contribution is 0.284. The fraction of sp³-hybridized carbons (Fsp3) is 0.462. The summed E-state index contributed by atoms with van der Waals surface area (Å²) in [6.45, 7) is 7.62. The zero-order valence-corrected chi connectivity index (χ0v) is 21.0. The van der Waals surface area contributed by atoms with Crippen LogP contribution in [0.25, 0.3) is 10.9 Å². The highest BCUT2D eigenvalue weighted by atomic mass is 32.2. The number of nitrogens with two attached hydrogens (primary N) is 1. The molecule has 34 heavy (non-hydrogen) atoms. The molecule has 182 valence electrons. The van der Waals surface area contributed by atoms with Crippen LogP contribution >= 0.6 is 0 Å². The van der Waals surface area contributed by atoms with Crippen LogP contribution in [0.2, 0.25) is 0 Å². The Morgan fingerprint density at radius 2 is 1.53 bits per heavy atom. The number of nitrogens with zero attached hydrogens (tertiary/aromatic N) is 2. The minimum absolute atomic E-state index is 0.00372. The van der Waals surface area contributed by atoms with Crippen LogP contribution in [0.15, 0.2) is 53.4 Å². The molecule has 0 saturated heterocycles. The molecular formula is C26H35N5O2S. The van der Waals surface area contributed by atoms with Gasteiger partial charge in [0.05, 0.1) is 10.4 Å². The molecule has 4 rings (SSSR count). The molecule has 3 aromatic rings. The number of sulfonamides is 1. The van der Waals surface area contributed by atoms with Gasteiger partial charge in [-0.2, -0.15) is 4.98 Å². The normalized spacial score (nSPS) is 19.3. The van der Waals surface area contributed by atoms with E-state index in [-0.39, 0.29) is 5.41 Å². The van der Waals surface area contributed by atoms with Crippen molar-refractivity contribution in [2.24, 2.45) is 11.8 Å². The van der Waals surface area contributed by atoms with Gasteiger partial charge in [0.1, 0.15) is 5.82 Å². The van der Waals surface area contributed by atoms with Gasteiger partial charge < -0.3 is 11.1 Å². The van der Waals surface area contributed by atoms with Crippen molar-refractivity contribution in [3.63, 3.8) is 0 Å². The van der Waals surface area contributed by atoms with E-state index in [2.05, 4.69) is 40.8 Å². The molecule has 0 atom stereocenters. The maximum Gasteiger partial charge on any atom is 0.240 e. The molecule has 1 aromatic heterocycles. The molecule has 0 aliphatic heterocycles. The molecule has 1 heterocycles. The average molecular weight is 482 g/mol. The van der Waals surface area contributed by atoms with Gasteiger partial charge >= 0.3 is 0 Å². The van der Waals surface area contributed by atoms with Crippen molar-refractivity contribution in [2.45, 2.75) is 56.8 Å². The zero-order valence-electron chi connectivity index (χ0n) is 20.2. The van der Waals surface area contributed by atoms with Gasteiger partial charge in [-0.05, 0) is 72.8 Å². The highest BCUT2D eigenvalue weighted by Gasteiger charge is 2.24. The lowest BCUT2D eigenvalue weighted by Gasteiger charge is -2.28.